The van der Waals surface area contributed by atoms with E-state index in [0.717, 1.165) is 5.56 Å². The van der Waals surface area contributed by atoms with Crippen LogP contribution < -0.4 is 16.5 Å². The molecule has 2 rings (SSSR count). The summed E-state index contributed by atoms with van der Waals surface area (Å²) < 4.78 is 4.49. The molecule has 0 aliphatic heterocycles. The molecule has 0 heterocycles. The van der Waals surface area contributed by atoms with E-state index in [2.05, 4.69) is 21.9 Å². The summed E-state index contributed by atoms with van der Waals surface area (Å²) in [5, 5.41) is 11.0. The van der Waals surface area contributed by atoms with Gasteiger partial charge >= 0.3 is 6.09 Å². The van der Waals surface area contributed by atoms with Crippen LogP contribution in [0.25, 0.3) is 0 Å². The molecule has 138 valence electrons. The smallest absolute Gasteiger partial charge is 0.404 e. The first-order valence-corrected chi connectivity index (χ1v) is 7.84. The molecule has 0 aromatic heterocycles. The maximum atomic E-state index is 12.2. The van der Waals surface area contributed by atoms with E-state index in [0.29, 0.717) is 5.56 Å². The maximum absolute atomic E-state index is 12.2. The Morgan fingerprint density at radius 1 is 1.00 bits per heavy atom. The highest BCUT2D eigenvalue weighted by Crippen LogP contribution is 2.05. The van der Waals surface area contributed by atoms with Crippen molar-refractivity contribution < 1.29 is 24.3 Å². The number of ether oxygens (including phenoxy) is 1. The van der Waals surface area contributed by atoms with Gasteiger partial charge in [0.05, 0.1) is 0 Å². The van der Waals surface area contributed by atoms with Gasteiger partial charge in [0.2, 0.25) is 0 Å². The van der Waals surface area contributed by atoms with Crippen molar-refractivity contribution in [1.29, 1.82) is 0 Å². The fourth-order valence-electron chi connectivity index (χ4n) is 2.04. The van der Waals surface area contributed by atoms with Crippen LogP contribution >= 0.6 is 0 Å². The lowest BCUT2D eigenvalue weighted by molar-refractivity contribution is -0.132. The monoisotopic (exact) mass is 367 g/mol. The number of rotatable bonds is 5. The number of nitrogens with one attached hydrogen (secondary N) is 2. The predicted octanol–water partition coefficient (Wildman–Crippen LogP) is 0.785. The van der Waals surface area contributed by atoms with Gasteiger partial charge in [-0.05, 0) is 36.4 Å². The molecule has 0 radical (unpaired) electrons. The standard InChI is InChI=1S/C19H17N3O5/c20-19(25)27-12-16(18(24)22-26)21-17(23)15-10-8-14(9-11-15)7-6-13-4-2-1-3-5-13/h1-5,8-11,16,26H,12H2,(H2,20,25)(H,21,23)(H,22,24). The number of carbonyl (C=O) groups is 3. The van der Waals surface area contributed by atoms with Crippen LogP contribution in [0.1, 0.15) is 21.5 Å². The molecule has 8 nitrogen and oxygen atoms in total. The molecule has 5 N–H and O–H groups in total. The van der Waals surface area contributed by atoms with Gasteiger partial charge in [0.25, 0.3) is 11.8 Å². The second-order valence-electron chi connectivity index (χ2n) is 5.33. The summed E-state index contributed by atoms with van der Waals surface area (Å²) in [7, 11) is 0. The van der Waals surface area contributed by atoms with Crippen molar-refractivity contribution in [3.8, 4) is 11.8 Å². The lowest BCUT2D eigenvalue weighted by Crippen LogP contribution is -2.49. The summed E-state index contributed by atoms with van der Waals surface area (Å²) in [6.45, 7) is -0.520. The minimum atomic E-state index is -1.30. The first kappa shape index (κ1) is 19.5. The molecule has 8 heteroatoms. The van der Waals surface area contributed by atoms with Crippen molar-refractivity contribution in [1.82, 2.24) is 10.8 Å². The van der Waals surface area contributed by atoms with Crippen molar-refractivity contribution in [2.75, 3.05) is 6.61 Å². The lowest BCUT2D eigenvalue weighted by atomic mass is 10.1. The Morgan fingerprint density at radius 3 is 2.15 bits per heavy atom. The maximum Gasteiger partial charge on any atom is 0.404 e. The van der Waals surface area contributed by atoms with Crippen LogP contribution in [-0.2, 0) is 9.53 Å². The minimum Gasteiger partial charge on any atom is -0.447 e. The van der Waals surface area contributed by atoms with Crippen molar-refractivity contribution in [2.45, 2.75) is 6.04 Å². The summed E-state index contributed by atoms with van der Waals surface area (Å²) in [5.74, 6) is 4.43. The van der Waals surface area contributed by atoms with Gasteiger partial charge in [-0.3, -0.25) is 14.8 Å². The van der Waals surface area contributed by atoms with Gasteiger partial charge in [-0.15, -0.1) is 0 Å². The molecular weight excluding hydrogens is 350 g/mol. The quantitative estimate of drug-likeness (QED) is 0.352. The minimum absolute atomic E-state index is 0.259. The van der Waals surface area contributed by atoms with E-state index < -0.39 is 30.6 Å². The normalized spacial score (nSPS) is 10.7. The van der Waals surface area contributed by atoms with E-state index >= 15 is 0 Å². The molecule has 0 fully saturated rings. The van der Waals surface area contributed by atoms with Gasteiger partial charge in [0.15, 0.2) is 0 Å². The molecular formula is C19H17N3O5. The Hall–Kier alpha value is -3.83. The van der Waals surface area contributed by atoms with Crippen LogP contribution in [0.5, 0.6) is 0 Å². The Bertz CT molecular complexity index is 870. The second-order valence-corrected chi connectivity index (χ2v) is 5.33. The molecule has 2 aromatic rings. The van der Waals surface area contributed by atoms with Gasteiger partial charge in [0.1, 0.15) is 12.6 Å². The summed E-state index contributed by atoms with van der Waals surface area (Å²) >= 11 is 0. The summed E-state index contributed by atoms with van der Waals surface area (Å²) in [6.07, 6.45) is -1.11. The highest BCUT2D eigenvalue weighted by molar-refractivity contribution is 5.97. The molecule has 1 atom stereocenters. The van der Waals surface area contributed by atoms with Gasteiger partial charge < -0.3 is 15.8 Å². The van der Waals surface area contributed by atoms with E-state index in [1.165, 1.54) is 17.6 Å². The first-order valence-electron chi connectivity index (χ1n) is 7.84. The van der Waals surface area contributed by atoms with E-state index in [-0.39, 0.29) is 5.56 Å². The lowest BCUT2D eigenvalue weighted by Gasteiger charge is -2.16. The zero-order valence-electron chi connectivity index (χ0n) is 14.1. The fourth-order valence-corrected chi connectivity index (χ4v) is 2.04. The number of carbonyl (C=O) groups excluding carboxylic acids is 3. The van der Waals surface area contributed by atoms with Crippen LogP contribution in [0.15, 0.2) is 54.6 Å². The predicted molar refractivity (Wildman–Crippen MR) is 95.6 cm³/mol. The topological polar surface area (TPSA) is 131 Å². The van der Waals surface area contributed by atoms with Crippen LogP contribution in [0.3, 0.4) is 0 Å². The van der Waals surface area contributed by atoms with Crippen LogP contribution in [0, 0.1) is 11.8 Å². The highest BCUT2D eigenvalue weighted by Gasteiger charge is 2.22. The molecule has 0 saturated carbocycles. The molecule has 0 saturated heterocycles. The summed E-state index contributed by atoms with van der Waals surface area (Å²) in [4.78, 5) is 34.4. The number of hydrogen-bond acceptors (Lipinski definition) is 5. The van der Waals surface area contributed by atoms with Crippen molar-refractivity contribution in [2.24, 2.45) is 5.73 Å². The summed E-state index contributed by atoms with van der Waals surface area (Å²) in [6, 6.07) is 14.5. The largest absolute Gasteiger partial charge is 0.447 e. The van der Waals surface area contributed by atoms with E-state index in [1.807, 2.05) is 30.3 Å². The van der Waals surface area contributed by atoms with Gasteiger partial charge in [-0.25, -0.2) is 10.3 Å². The number of nitrogens with two attached hydrogens (primary N) is 1. The van der Waals surface area contributed by atoms with E-state index in [4.69, 9.17) is 10.9 Å². The van der Waals surface area contributed by atoms with E-state index in [1.54, 1.807) is 12.1 Å². The van der Waals surface area contributed by atoms with Crippen molar-refractivity contribution in [3.63, 3.8) is 0 Å². The molecule has 0 spiro atoms. The van der Waals surface area contributed by atoms with Crippen molar-refractivity contribution in [3.05, 3.63) is 71.3 Å². The molecule has 1 unspecified atom stereocenters. The third-order valence-corrected chi connectivity index (χ3v) is 3.40. The fraction of sp³-hybridized carbons (Fsp3) is 0.105. The summed E-state index contributed by atoms with van der Waals surface area (Å²) in [5.41, 5.74) is 8.05. The Morgan fingerprint density at radius 2 is 1.59 bits per heavy atom. The molecule has 0 bridgehead atoms. The molecule has 2 aromatic carbocycles. The molecule has 27 heavy (non-hydrogen) atoms. The number of hydrogen-bond donors (Lipinski definition) is 4. The third-order valence-electron chi connectivity index (χ3n) is 3.40. The highest BCUT2D eigenvalue weighted by atomic mass is 16.5. The Kier molecular flexibility index (Phi) is 6.93. The molecule has 3 amide bonds. The first-order chi connectivity index (χ1) is 13.0. The SMILES string of the molecule is NC(=O)OCC(NC(=O)c1ccc(C#Cc2ccccc2)cc1)C(=O)NO. The number of amides is 3. The van der Waals surface area contributed by atoms with Gasteiger partial charge in [-0.2, -0.15) is 0 Å². The third kappa shape index (κ3) is 6.19. The molecule has 0 aliphatic carbocycles. The Labute approximate surface area is 155 Å². The van der Waals surface area contributed by atoms with Crippen molar-refractivity contribution >= 4 is 17.9 Å². The number of hydroxylamine groups is 1. The average Bonchev–Trinajstić information content (AvgIpc) is 2.69. The number of benzene rings is 2. The zero-order chi connectivity index (χ0) is 19.6. The van der Waals surface area contributed by atoms with Crippen LogP contribution in [-0.4, -0.2) is 35.8 Å². The Balaban J connectivity index is 2.04. The van der Waals surface area contributed by atoms with Gasteiger partial charge in [-0.1, -0.05) is 30.0 Å². The second kappa shape index (κ2) is 9.60. The zero-order valence-corrected chi connectivity index (χ0v) is 14.1. The number of primary amides is 1. The van der Waals surface area contributed by atoms with Gasteiger partial charge in [0, 0.05) is 16.7 Å². The van der Waals surface area contributed by atoms with Crippen LogP contribution in [0.2, 0.25) is 0 Å². The molecule has 0 aliphatic rings. The van der Waals surface area contributed by atoms with Crippen LogP contribution in [0.4, 0.5) is 4.79 Å². The average molecular weight is 367 g/mol. The van der Waals surface area contributed by atoms with E-state index in [9.17, 15) is 14.4 Å².